The molecule has 0 aliphatic rings. The van der Waals surface area contributed by atoms with Crippen LogP contribution < -0.4 is 10.6 Å². The van der Waals surface area contributed by atoms with Gasteiger partial charge < -0.3 is 15.0 Å². The molecule has 0 aliphatic carbocycles. The van der Waals surface area contributed by atoms with Crippen LogP contribution in [0, 0.1) is 0 Å². The summed E-state index contributed by atoms with van der Waals surface area (Å²) in [4.78, 5) is 38.4. The fraction of sp³-hybridized carbons (Fsp3) is 0.0556. The number of nitrogens with one attached hydrogen (secondary N) is 3. The van der Waals surface area contributed by atoms with Crippen molar-refractivity contribution in [1.82, 2.24) is 10.3 Å². The van der Waals surface area contributed by atoms with Crippen LogP contribution in [0.3, 0.4) is 0 Å². The maximum absolute atomic E-state index is 12.1. The molecule has 0 atom stereocenters. The van der Waals surface area contributed by atoms with E-state index in [0.717, 1.165) is 5.52 Å². The van der Waals surface area contributed by atoms with Gasteiger partial charge in [-0.1, -0.05) is 36.4 Å². The average Bonchev–Trinajstić information content (AvgIpc) is 3.04. The Morgan fingerprint density at radius 1 is 0.960 bits per heavy atom. The lowest BCUT2D eigenvalue weighted by molar-refractivity contribution is -0.123. The van der Waals surface area contributed by atoms with Crippen molar-refractivity contribution in [3.63, 3.8) is 0 Å². The van der Waals surface area contributed by atoms with Gasteiger partial charge in [-0.2, -0.15) is 0 Å². The van der Waals surface area contributed by atoms with Crippen LogP contribution in [-0.4, -0.2) is 29.5 Å². The van der Waals surface area contributed by atoms with Gasteiger partial charge in [0.15, 0.2) is 6.61 Å². The molecule has 25 heavy (non-hydrogen) atoms. The summed E-state index contributed by atoms with van der Waals surface area (Å²) < 4.78 is 4.96. The topological polar surface area (TPSA) is 100 Å². The lowest BCUT2D eigenvalue weighted by atomic mass is 10.2. The molecule has 0 unspecified atom stereocenters. The molecular weight excluding hydrogens is 322 g/mol. The van der Waals surface area contributed by atoms with Crippen molar-refractivity contribution in [3.8, 4) is 0 Å². The number of fused-ring (bicyclic) bond motifs is 1. The summed E-state index contributed by atoms with van der Waals surface area (Å²) in [5, 5.41) is 5.29. The summed E-state index contributed by atoms with van der Waals surface area (Å²) in [6, 6.07) is 15.2. The standard InChI is InChI=1S/C18H15N3O4/c22-16(21-18(24)20-12-6-2-1-3-7-12)11-25-17(23)14-10-19-15-9-5-4-8-13(14)15/h1-10,19H,11H2,(H2,20,21,22,24). The number of imide groups is 1. The highest BCUT2D eigenvalue weighted by Crippen LogP contribution is 2.18. The molecule has 0 saturated heterocycles. The van der Waals surface area contributed by atoms with Crippen molar-refractivity contribution < 1.29 is 19.1 Å². The fourth-order valence-electron chi connectivity index (χ4n) is 2.30. The largest absolute Gasteiger partial charge is 0.452 e. The third kappa shape index (κ3) is 4.03. The van der Waals surface area contributed by atoms with Crippen molar-refractivity contribution in [3.05, 3.63) is 66.4 Å². The molecule has 7 nitrogen and oxygen atoms in total. The number of ether oxygens (including phenoxy) is 1. The number of para-hydroxylation sites is 2. The van der Waals surface area contributed by atoms with E-state index in [9.17, 15) is 14.4 Å². The second-order valence-corrected chi connectivity index (χ2v) is 5.19. The normalized spacial score (nSPS) is 10.2. The zero-order valence-electron chi connectivity index (χ0n) is 13.1. The minimum Gasteiger partial charge on any atom is -0.452 e. The summed E-state index contributed by atoms with van der Waals surface area (Å²) in [7, 11) is 0. The summed E-state index contributed by atoms with van der Waals surface area (Å²) in [5.74, 6) is -1.36. The summed E-state index contributed by atoms with van der Waals surface area (Å²) in [6.45, 7) is -0.555. The number of amides is 3. The molecule has 0 spiro atoms. The number of carbonyl (C=O) groups excluding carboxylic acids is 3. The lowest BCUT2D eigenvalue weighted by Gasteiger charge is -2.07. The van der Waals surface area contributed by atoms with E-state index >= 15 is 0 Å². The number of aromatic nitrogens is 1. The third-order valence-corrected chi connectivity index (χ3v) is 3.43. The predicted molar refractivity (Wildman–Crippen MR) is 92.2 cm³/mol. The van der Waals surface area contributed by atoms with Gasteiger partial charge in [0, 0.05) is 22.8 Å². The van der Waals surface area contributed by atoms with Crippen LogP contribution in [0.5, 0.6) is 0 Å². The summed E-state index contributed by atoms with van der Waals surface area (Å²) >= 11 is 0. The molecular formula is C18H15N3O4. The zero-order chi connectivity index (χ0) is 17.6. The number of urea groups is 1. The zero-order valence-corrected chi connectivity index (χ0v) is 13.1. The number of rotatable bonds is 4. The van der Waals surface area contributed by atoms with Crippen LogP contribution in [0.2, 0.25) is 0 Å². The molecule has 0 saturated carbocycles. The molecule has 3 aromatic rings. The Hall–Kier alpha value is -3.61. The van der Waals surface area contributed by atoms with Gasteiger partial charge in [0.25, 0.3) is 5.91 Å². The Labute approximate surface area is 143 Å². The SMILES string of the molecule is O=C(COC(=O)c1c[nH]c2ccccc12)NC(=O)Nc1ccccc1. The first-order chi connectivity index (χ1) is 12.1. The minimum atomic E-state index is -0.721. The van der Waals surface area contributed by atoms with Crippen molar-refractivity contribution in [2.75, 3.05) is 11.9 Å². The van der Waals surface area contributed by atoms with E-state index in [1.54, 1.807) is 42.5 Å². The molecule has 1 aromatic heterocycles. The molecule has 0 bridgehead atoms. The fourth-order valence-corrected chi connectivity index (χ4v) is 2.30. The van der Waals surface area contributed by atoms with Crippen LogP contribution in [0.1, 0.15) is 10.4 Å². The van der Waals surface area contributed by atoms with E-state index < -0.39 is 24.5 Å². The van der Waals surface area contributed by atoms with Gasteiger partial charge in [0.2, 0.25) is 0 Å². The number of H-pyrrole nitrogens is 1. The highest BCUT2D eigenvalue weighted by molar-refractivity contribution is 6.05. The highest BCUT2D eigenvalue weighted by Gasteiger charge is 2.15. The second-order valence-electron chi connectivity index (χ2n) is 5.19. The number of hydrogen-bond donors (Lipinski definition) is 3. The third-order valence-electron chi connectivity index (χ3n) is 3.43. The maximum atomic E-state index is 12.1. The van der Waals surface area contributed by atoms with Crippen molar-refractivity contribution in [2.45, 2.75) is 0 Å². The van der Waals surface area contributed by atoms with E-state index in [0.29, 0.717) is 16.6 Å². The van der Waals surface area contributed by atoms with Crippen molar-refractivity contribution >= 4 is 34.5 Å². The van der Waals surface area contributed by atoms with Gasteiger partial charge in [-0.05, 0) is 18.2 Å². The van der Waals surface area contributed by atoms with Crippen LogP contribution in [0.25, 0.3) is 10.9 Å². The van der Waals surface area contributed by atoms with Crippen LogP contribution >= 0.6 is 0 Å². The van der Waals surface area contributed by atoms with Crippen LogP contribution in [0.4, 0.5) is 10.5 Å². The average molecular weight is 337 g/mol. The molecule has 3 rings (SSSR count). The molecule has 2 aromatic carbocycles. The Morgan fingerprint density at radius 3 is 2.48 bits per heavy atom. The monoisotopic (exact) mass is 337 g/mol. The van der Waals surface area contributed by atoms with Crippen molar-refractivity contribution in [1.29, 1.82) is 0 Å². The molecule has 3 amide bonds. The van der Waals surface area contributed by atoms with Crippen molar-refractivity contribution in [2.24, 2.45) is 0 Å². The number of hydrogen-bond acceptors (Lipinski definition) is 4. The number of benzene rings is 2. The lowest BCUT2D eigenvalue weighted by Crippen LogP contribution is -2.37. The van der Waals surface area contributed by atoms with E-state index in [4.69, 9.17) is 4.74 Å². The van der Waals surface area contributed by atoms with Gasteiger partial charge in [-0.15, -0.1) is 0 Å². The van der Waals surface area contributed by atoms with Gasteiger partial charge in [-0.3, -0.25) is 10.1 Å². The number of esters is 1. The van der Waals surface area contributed by atoms with Gasteiger partial charge in [-0.25, -0.2) is 9.59 Å². The molecule has 7 heteroatoms. The molecule has 3 N–H and O–H groups in total. The predicted octanol–water partition coefficient (Wildman–Crippen LogP) is 2.67. The van der Waals surface area contributed by atoms with E-state index in [1.807, 2.05) is 12.1 Å². The first kappa shape index (κ1) is 16.3. The number of carbonyl (C=O) groups is 3. The molecule has 1 heterocycles. The van der Waals surface area contributed by atoms with Gasteiger partial charge in [0.1, 0.15) is 0 Å². The number of anilines is 1. The Balaban J connectivity index is 1.52. The smallest absolute Gasteiger partial charge is 0.340 e. The van der Waals surface area contributed by atoms with E-state index in [2.05, 4.69) is 15.6 Å². The van der Waals surface area contributed by atoms with Crippen LogP contribution in [0.15, 0.2) is 60.8 Å². The molecule has 126 valence electrons. The van der Waals surface area contributed by atoms with E-state index in [1.165, 1.54) is 6.20 Å². The molecule has 0 radical (unpaired) electrons. The van der Waals surface area contributed by atoms with E-state index in [-0.39, 0.29) is 0 Å². The van der Waals surface area contributed by atoms with Gasteiger partial charge in [0.05, 0.1) is 5.56 Å². The number of aromatic amines is 1. The highest BCUT2D eigenvalue weighted by atomic mass is 16.5. The minimum absolute atomic E-state index is 0.331. The second kappa shape index (κ2) is 7.31. The molecule has 0 aliphatic heterocycles. The molecule has 0 fully saturated rings. The summed E-state index contributed by atoms with van der Waals surface area (Å²) in [6.07, 6.45) is 1.52. The Bertz CT molecular complexity index is 918. The first-order valence-electron chi connectivity index (χ1n) is 7.52. The maximum Gasteiger partial charge on any atom is 0.340 e. The Morgan fingerprint density at radius 2 is 1.68 bits per heavy atom. The quantitative estimate of drug-likeness (QED) is 0.637. The van der Waals surface area contributed by atoms with Gasteiger partial charge >= 0.3 is 12.0 Å². The summed E-state index contributed by atoms with van der Waals surface area (Å²) in [5.41, 5.74) is 1.67. The van der Waals surface area contributed by atoms with Crippen LogP contribution in [-0.2, 0) is 9.53 Å². The Kier molecular flexibility index (Phi) is 4.75. The first-order valence-corrected chi connectivity index (χ1v) is 7.52.